The van der Waals surface area contributed by atoms with Gasteiger partial charge in [-0.1, -0.05) is 12.1 Å². The highest BCUT2D eigenvalue weighted by Gasteiger charge is 2.37. The molecule has 0 aromatic heterocycles. The second-order valence-corrected chi connectivity index (χ2v) is 8.41. The first-order valence-corrected chi connectivity index (χ1v) is 11.1. The summed E-state index contributed by atoms with van der Waals surface area (Å²) in [6, 6.07) is 23.4. The first kappa shape index (κ1) is 21.3. The Balaban J connectivity index is 1.27. The molecule has 0 bridgehead atoms. The van der Waals surface area contributed by atoms with E-state index in [-0.39, 0.29) is 11.1 Å². The summed E-state index contributed by atoms with van der Waals surface area (Å²) in [5.74, 6) is -0.609. The van der Waals surface area contributed by atoms with Crippen molar-refractivity contribution < 1.29 is 23.9 Å². The quantitative estimate of drug-likeness (QED) is 0.333. The van der Waals surface area contributed by atoms with Gasteiger partial charge in [0.1, 0.15) is 11.5 Å². The predicted molar refractivity (Wildman–Crippen MR) is 132 cm³/mol. The fraction of sp³-hybridized carbons (Fsp3) is 0. The van der Waals surface area contributed by atoms with E-state index in [1.807, 2.05) is 0 Å². The molecule has 6 rings (SSSR count). The van der Waals surface area contributed by atoms with Gasteiger partial charge in [-0.05, 0) is 83.9 Å². The third kappa shape index (κ3) is 3.40. The fourth-order valence-electron chi connectivity index (χ4n) is 4.34. The van der Waals surface area contributed by atoms with Crippen molar-refractivity contribution in [1.29, 1.82) is 0 Å². The van der Waals surface area contributed by atoms with Crippen LogP contribution in [0.15, 0.2) is 84.9 Å². The Hall–Kier alpha value is -5.24. The summed E-state index contributed by atoms with van der Waals surface area (Å²) in [6.45, 7) is 0. The zero-order valence-electron chi connectivity index (χ0n) is 18.6. The van der Waals surface area contributed by atoms with Crippen LogP contribution >= 0.6 is 0 Å². The Morgan fingerprint density at radius 1 is 0.583 bits per heavy atom. The van der Waals surface area contributed by atoms with Crippen LogP contribution in [-0.2, 0) is 0 Å². The number of rotatable bonds is 4. The van der Waals surface area contributed by atoms with Gasteiger partial charge in [0.25, 0.3) is 23.6 Å². The average molecular weight is 475 g/mol. The van der Waals surface area contributed by atoms with E-state index in [9.17, 15) is 19.2 Å². The molecule has 3 N–H and O–H groups in total. The van der Waals surface area contributed by atoms with E-state index in [0.29, 0.717) is 45.1 Å². The molecule has 0 atom stereocenters. The molecular formula is C28H17N3O5. The third-order valence-corrected chi connectivity index (χ3v) is 6.17. The van der Waals surface area contributed by atoms with Crippen molar-refractivity contribution in [1.82, 2.24) is 5.32 Å². The van der Waals surface area contributed by atoms with E-state index in [1.54, 1.807) is 84.9 Å². The maximum Gasteiger partial charge on any atom is 0.266 e. The number of benzene rings is 4. The van der Waals surface area contributed by atoms with Gasteiger partial charge in [-0.15, -0.1) is 0 Å². The van der Waals surface area contributed by atoms with Crippen LogP contribution in [0.5, 0.6) is 11.5 Å². The lowest BCUT2D eigenvalue weighted by molar-refractivity contribution is 0.0874. The Morgan fingerprint density at radius 3 is 1.78 bits per heavy atom. The number of anilines is 2. The van der Waals surface area contributed by atoms with Crippen LogP contribution in [0.4, 0.5) is 11.4 Å². The minimum Gasteiger partial charge on any atom is -0.457 e. The van der Waals surface area contributed by atoms with Gasteiger partial charge in [-0.25, -0.2) is 4.90 Å². The Kier molecular flexibility index (Phi) is 4.69. The highest BCUT2D eigenvalue weighted by Crippen LogP contribution is 2.34. The Labute approximate surface area is 204 Å². The summed E-state index contributed by atoms with van der Waals surface area (Å²) in [7, 11) is 0. The van der Waals surface area contributed by atoms with E-state index in [4.69, 9.17) is 10.5 Å². The lowest BCUT2D eigenvalue weighted by atomic mass is 9.97. The van der Waals surface area contributed by atoms with Crippen LogP contribution in [0.1, 0.15) is 41.4 Å². The maximum atomic E-state index is 13.2. The molecule has 0 radical (unpaired) electrons. The molecule has 2 aliphatic heterocycles. The molecule has 174 valence electrons. The normalized spacial score (nSPS) is 14.1. The molecule has 0 saturated heterocycles. The standard InChI is InChI=1S/C28H17N3O5/c29-17-3-7-19(8-4-17)36-20-9-5-18(6-10-20)31-27(34)22-12-2-16(14-24(22)28(31)35)15-1-11-21-23(13-15)26(33)30-25(21)32/h1-14H,29H2,(H,30,32,33). The predicted octanol–water partition coefficient (Wildman–Crippen LogP) is 4.41. The van der Waals surface area contributed by atoms with Crippen LogP contribution in [-0.4, -0.2) is 23.6 Å². The minimum atomic E-state index is -0.459. The molecule has 0 fully saturated rings. The molecule has 0 spiro atoms. The molecule has 36 heavy (non-hydrogen) atoms. The van der Waals surface area contributed by atoms with E-state index < -0.39 is 23.6 Å². The minimum absolute atomic E-state index is 0.265. The largest absolute Gasteiger partial charge is 0.457 e. The van der Waals surface area contributed by atoms with Crippen molar-refractivity contribution >= 4 is 35.0 Å². The molecule has 2 heterocycles. The van der Waals surface area contributed by atoms with Crippen molar-refractivity contribution in [3.05, 3.63) is 107 Å². The van der Waals surface area contributed by atoms with Crippen LogP contribution < -0.4 is 20.7 Å². The number of amides is 4. The van der Waals surface area contributed by atoms with Gasteiger partial charge in [-0.2, -0.15) is 0 Å². The van der Waals surface area contributed by atoms with Crippen molar-refractivity contribution in [3.63, 3.8) is 0 Å². The van der Waals surface area contributed by atoms with Gasteiger partial charge >= 0.3 is 0 Å². The number of imide groups is 2. The molecule has 4 aromatic carbocycles. The van der Waals surface area contributed by atoms with Gasteiger partial charge in [-0.3, -0.25) is 24.5 Å². The highest BCUT2D eigenvalue weighted by molar-refractivity contribution is 6.34. The Morgan fingerprint density at radius 2 is 1.11 bits per heavy atom. The van der Waals surface area contributed by atoms with E-state index in [1.165, 1.54) is 0 Å². The summed E-state index contributed by atoms with van der Waals surface area (Å²) < 4.78 is 5.78. The van der Waals surface area contributed by atoms with E-state index >= 15 is 0 Å². The number of nitrogens with two attached hydrogens (primary N) is 1. The molecule has 2 aliphatic rings. The topological polar surface area (TPSA) is 119 Å². The molecule has 4 amide bonds. The van der Waals surface area contributed by atoms with Crippen LogP contribution in [0, 0.1) is 0 Å². The summed E-state index contributed by atoms with van der Waals surface area (Å²) in [5.41, 5.74) is 9.19. The number of hydrogen-bond donors (Lipinski definition) is 2. The lowest BCUT2D eigenvalue weighted by Gasteiger charge is -2.14. The second kappa shape index (κ2) is 7.92. The average Bonchev–Trinajstić information content (AvgIpc) is 3.32. The van der Waals surface area contributed by atoms with Gasteiger partial charge < -0.3 is 10.5 Å². The molecule has 8 nitrogen and oxygen atoms in total. The second-order valence-electron chi connectivity index (χ2n) is 8.41. The van der Waals surface area contributed by atoms with Gasteiger partial charge in [0.15, 0.2) is 0 Å². The number of fused-ring (bicyclic) bond motifs is 2. The van der Waals surface area contributed by atoms with Crippen LogP contribution in [0.25, 0.3) is 11.1 Å². The Bertz CT molecular complexity index is 1610. The number of carbonyl (C=O) groups excluding carboxylic acids is 4. The molecule has 0 aliphatic carbocycles. The van der Waals surface area contributed by atoms with Crippen LogP contribution in [0.3, 0.4) is 0 Å². The fourth-order valence-corrected chi connectivity index (χ4v) is 4.34. The molecular weight excluding hydrogens is 458 g/mol. The number of nitrogens with zero attached hydrogens (tertiary/aromatic N) is 1. The number of ether oxygens (including phenoxy) is 1. The highest BCUT2D eigenvalue weighted by atomic mass is 16.5. The zero-order valence-corrected chi connectivity index (χ0v) is 18.6. The van der Waals surface area contributed by atoms with Gasteiger partial charge in [0, 0.05) is 5.69 Å². The third-order valence-electron chi connectivity index (χ3n) is 6.17. The van der Waals surface area contributed by atoms with E-state index in [2.05, 4.69) is 5.32 Å². The number of hydrogen-bond acceptors (Lipinski definition) is 6. The molecule has 0 saturated carbocycles. The number of carbonyl (C=O) groups is 4. The first-order chi connectivity index (χ1) is 17.4. The number of nitrogens with one attached hydrogen (secondary N) is 1. The summed E-state index contributed by atoms with van der Waals surface area (Å²) in [6.07, 6.45) is 0. The summed E-state index contributed by atoms with van der Waals surface area (Å²) in [5, 5.41) is 2.26. The van der Waals surface area contributed by atoms with Crippen molar-refractivity contribution in [2.45, 2.75) is 0 Å². The van der Waals surface area contributed by atoms with Gasteiger partial charge in [0.05, 0.1) is 27.9 Å². The van der Waals surface area contributed by atoms with Crippen molar-refractivity contribution in [3.8, 4) is 22.6 Å². The maximum absolute atomic E-state index is 13.2. The number of nitrogen functional groups attached to an aromatic ring is 1. The monoisotopic (exact) mass is 475 g/mol. The smallest absolute Gasteiger partial charge is 0.266 e. The SMILES string of the molecule is Nc1ccc(Oc2ccc(N3C(=O)c4ccc(-c5ccc6c(c5)C(=O)NC6=O)cc4C3=O)cc2)cc1. The zero-order chi connectivity index (χ0) is 25.0. The summed E-state index contributed by atoms with van der Waals surface area (Å²) in [4.78, 5) is 51.3. The van der Waals surface area contributed by atoms with Crippen molar-refractivity contribution in [2.75, 3.05) is 10.6 Å². The first-order valence-electron chi connectivity index (χ1n) is 11.1. The molecule has 0 unspecified atom stereocenters. The summed E-state index contributed by atoms with van der Waals surface area (Å²) >= 11 is 0. The molecule has 4 aromatic rings. The van der Waals surface area contributed by atoms with Gasteiger partial charge in [0.2, 0.25) is 0 Å². The van der Waals surface area contributed by atoms with E-state index in [0.717, 1.165) is 4.90 Å². The van der Waals surface area contributed by atoms with Crippen molar-refractivity contribution in [2.24, 2.45) is 0 Å². The van der Waals surface area contributed by atoms with Crippen LogP contribution in [0.2, 0.25) is 0 Å². The molecule has 8 heteroatoms. The lowest BCUT2D eigenvalue weighted by Crippen LogP contribution is -2.29.